The molecule has 2 nitrogen and oxygen atoms in total. The molecule has 0 aromatic heterocycles. The Morgan fingerprint density at radius 3 is 2.56 bits per heavy atom. The summed E-state index contributed by atoms with van der Waals surface area (Å²) in [5.41, 5.74) is 5.22. The van der Waals surface area contributed by atoms with Crippen LogP contribution in [0, 0.1) is 0 Å². The van der Waals surface area contributed by atoms with Gasteiger partial charge < -0.3 is 10.8 Å². The fraction of sp³-hybridized carbons (Fsp3) is 1.00. The number of nitrogens with two attached hydrogens (primary N) is 1. The summed E-state index contributed by atoms with van der Waals surface area (Å²) in [5.74, 6) is 0. The largest absolute Gasteiger partial charge is 0.393 e. The highest BCUT2D eigenvalue weighted by Crippen LogP contribution is 2.05. The molecule has 0 fully saturated rings. The minimum Gasteiger partial charge on any atom is -0.393 e. The monoisotopic (exact) mass is 149 g/mol. The van der Waals surface area contributed by atoms with E-state index < -0.39 is 0 Å². The second-order valence-corrected chi connectivity index (χ2v) is 3.20. The fourth-order valence-corrected chi connectivity index (χ4v) is 0.947. The average molecular weight is 149 g/mol. The third kappa shape index (κ3) is 6.15. The first-order valence-electron chi connectivity index (χ1n) is 3.23. The predicted molar refractivity (Wildman–Crippen MR) is 42.7 cm³/mol. The molecule has 0 aromatic rings. The summed E-state index contributed by atoms with van der Waals surface area (Å²) in [5, 5.41) is 9.36. The maximum absolute atomic E-state index is 9.09. The van der Waals surface area contributed by atoms with Crippen molar-refractivity contribution in [2.45, 2.75) is 31.1 Å². The Hall–Kier alpha value is 0.270. The van der Waals surface area contributed by atoms with Crippen LogP contribution in [0.4, 0.5) is 0 Å². The fourth-order valence-electron chi connectivity index (χ4n) is 0.704. The van der Waals surface area contributed by atoms with Gasteiger partial charge in [-0.3, -0.25) is 0 Å². The molecule has 3 N–H and O–H groups in total. The van der Waals surface area contributed by atoms with Crippen LogP contribution in [-0.4, -0.2) is 23.0 Å². The van der Waals surface area contributed by atoms with Crippen molar-refractivity contribution in [3.63, 3.8) is 0 Å². The van der Waals surface area contributed by atoms with Crippen LogP contribution in [-0.2, 0) is 0 Å². The zero-order valence-electron chi connectivity index (χ0n) is 5.75. The predicted octanol–water partition coefficient (Wildman–Crippen LogP) is 0.404. The molecule has 0 heterocycles. The van der Waals surface area contributed by atoms with Gasteiger partial charge in [0.2, 0.25) is 0 Å². The van der Waals surface area contributed by atoms with Gasteiger partial charge in [-0.2, -0.15) is 12.6 Å². The molecule has 0 aromatic carbocycles. The van der Waals surface area contributed by atoms with E-state index in [1.54, 1.807) is 0 Å². The Bertz CT molecular complexity index is 68.1. The van der Waals surface area contributed by atoms with Crippen molar-refractivity contribution in [2.24, 2.45) is 5.73 Å². The summed E-state index contributed by atoms with van der Waals surface area (Å²) < 4.78 is 0. The lowest BCUT2D eigenvalue weighted by Crippen LogP contribution is -2.16. The number of thiol groups is 1. The van der Waals surface area contributed by atoms with Crippen molar-refractivity contribution >= 4 is 12.6 Å². The minimum absolute atomic E-state index is 0.262. The van der Waals surface area contributed by atoms with Crippen LogP contribution < -0.4 is 5.73 Å². The molecule has 56 valence electrons. The quantitative estimate of drug-likeness (QED) is 0.507. The minimum atomic E-state index is -0.262. The van der Waals surface area contributed by atoms with E-state index in [0.29, 0.717) is 13.0 Å². The molecule has 0 radical (unpaired) electrons. The maximum atomic E-state index is 9.09. The molecule has 9 heavy (non-hydrogen) atoms. The summed E-state index contributed by atoms with van der Waals surface area (Å²) in [6.45, 7) is 2.52. The highest BCUT2D eigenvalue weighted by atomic mass is 32.1. The summed E-state index contributed by atoms with van der Waals surface area (Å²) in [4.78, 5) is 0. The van der Waals surface area contributed by atoms with Crippen LogP contribution in [0.2, 0.25) is 0 Å². The Labute approximate surface area is 61.9 Å². The molecule has 3 heteroatoms. The van der Waals surface area contributed by atoms with Gasteiger partial charge in [0.05, 0.1) is 6.10 Å². The van der Waals surface area contributed by atoms with Crippen molar-refractivity contribution < 1.29 is 5.11 Å². The van der Waals surface area contributed by atoms with E-state index in [2.05, 4.69) is 12.6 Å². The molecule has 0 aliphatic rings. The molecule has 0 saturated carbocycles. The average Bonchev–Trinajstić information content (AvgIpc) is 1.63. The molecule has 0 aliphatic heterocycles. The van der Waals surface area contributed by atoms with Gasteiger partial charge in [-0.25, -0.2) is 0 Å². The van der Waals surface area contributed by atoms with Gasteiger partial charge in [0.15, 0.2) is 0 Å². The van der Waals surface area contributed by atoms with E-state index in [1.165, 1.54) is 0 Å². The Morgan fingerprint density at radius 2 is 2.22 bits per heavy atom. The van der Waals surface area contributed by atoms with Gasteiger partial charge in [0.1, 0.15) is 0 Å². The molecule has 0 amide bonds. The number of rotatable bonds is 4. The summed E-state index contributed by atoms with van der Waals surface area (Å²) in [7, 11) is 0. The van der Waals surface area contributed by atoms with Crippen LogP contribution in [0.1, 0.15) is 19.8 Å². The molecule has 0 aliphatic carbocycles. The molecule has 1 unspecified atom stereocenters. The van der Waals surface area contributed by atoms with Gasteiger partial charge in [0.25, 0.3) is 0 Å². The van der Waals surface area contributed by atoms with Gasteiger partial charge in [-0.15, -0.1) is 0 Å². The van der Waals surface area contributed by atoms with E-state index in [9.17, 15) is 0 Å². The van der Waals surface area contributed by atoms with Crippen molar-refractivity contribution in [3.8, 4) is 0 Å². The first-order valence-corrected chi connectivity index (χ1v) is 3.74. The lowest BCUT2D eigenvalue weighted by atomic mass is 10.1. The lowest BCUT2D eigenvalue weighted by Gasteiger charge is -2.09. The van der Waals surface area contributed by atoms with Crippen LogP contribution in [0.15, 0.2) is 0 Å². The summed E-state index contributed by atoms with van der Waals surface area (Å²) in [6, 6.07) is 0. The Morgan fingerprint density at radius 1 is 1.67 bits per heavy atom. The lowest BCUT2D eigenvalue weighted by molar-refractivity contribution is 0.158. The topological polar surface area (TPSA) is 46.2 Å². The zero-order valence-corrected chi connectivity index (χ0v) is 6.64. The van der Waals surface area contributed by atoms with E-state index in [-0.39, 0.29) is 11.4 Å². The number of hydrogen-bond donors (Lipinski definition) is 3. The number of hydrogen-bond acceptors (Lipinski definition) is 3. The standard InChI is InChI=1S/C6H15NOS/c1-5(9)4-6(8)2-3-7/h5-6,8-9H,2-4,7H2,1H3/t5-,6?/m0/s1. The van der Waals surface area contributed by atoms with Gasteiger partial charge in [-0.1, -0.05) is 6.92 Å². The molecular weight excluding hydrogens is 134 g/mol. The molecule has 0 spiro atoms. The zero-order chi connectivity index (χ0) is 7.28. The van der Waals surface area contributed by atoms with E-state index in [1.807, 2.05) is 6.92 Å². The normalized spacial score (nSPS) is 17.3. The van der Waals surface area contributed by atoms with Gasteiger partial charge in [0, 0.05) is 5.25 Å². The van der Waals surface area contributed by atoms with Crippen molar-refractivity contribution in [1.29, 1.82) is 0 Å². The molecule has 0 rings (SSSR count). The van der Waals surface area contributed by atoms with E-state index in [4.69, 9.17) is 10.8 Å². The third-order valence-electron chi connectivity index (χ3n) is 1.11. The first-order chi connectivity index (χ1) is 4.16. The Balaban J connectivity index is 3.15. The third-order valence-corrected chi connectivity index (χ3v) is 1.32. The molecule has 2 atom stereocenters. The number of aliphatic hydroxyl groups excluding tert-OH is 1. The smallest absolute Gasteiger partial charge is 0.0562 e. The summed E-state index contributed by atoms with van der Waals surface area (Å²) >= 11 is 4.13. The highest BCUT2D eigenvalue weighted by molar-refractivity contribution is 7.80. The van der Waals surface area contributed by atoms with E-state index in [0.717, 1.165) is 6.42 Å². The van der Waals surface area contributed by atoms with Gasteiger partial charge in [-0.05, 0) is 19.4 Å². The Kier molecular flexibility index (Phi) is 5.24. The molecule has 0 bridgehead atoms. The maximum Gasteiger partial charge on any atom is 0.0562 e. The molecular formula is C6H15NOS. The van der Waals surface area contributed by atoms with Crippen molar-refractivity contribution in [1.82, 2.24) is 0 Å². The van der Waals surface area contributed by atoms with Crippen LogP contribution in [0.3, 0.4) is 0 Å². The van der Waals surface area contributed by atoms with Gasteiger partial charge >= 0.3 is 0 Å². The first kappa shape index (κ1) is 9.27. The second kappa shape index (κ2) is 5.09. The highest BCUT2D eigenvalue weighted by Gasteiger charge is 2.04. The van der Waals surface area contributed by atoms with Crippen LogP contribution in [0.25, 0.3) is 0 Å². The second-order valence-electron chi connectivity index (χ2n) is 2.32. The van der Waals surface area contributed by atoms with Crippen LogP contribution >= 0.6 is 12.6 Å². The van der Waals surface area contributed by atoms with Crippen molar-refractivity contribution in [3.05, 3.63) is 0 Å². The summed E-state index contributed by atoms with van der Waals surface area (Å²) in [6.07, 6.45) is 1.16. The van der Waals surface area contributed by atoms with Crippen molar-refractivity contribution in [2.75, 3.05) is 6.54 Å². The van der Waals surface area contributed by atoms with E-state index >= 15 is 0 Å². The number of aliphatic hydroxyl groups is 1. The molecule has 0 saturated heterocycles. The van der Waals surface area contributed by atoms with Crippen LogP contribution in [0.5, 0.6) is 0 Å². The SMILES string of the molecule is C[C@H](S)CC(O)CCN.